The van der Waals surface area contributed by atoms with Gasteiger partial charge in [-0.2, -0.15) is 0 Å². The molecule has 1 unspecified atom stereocenters. The number of aliphatic carboxylic acids is 2. The van der Waals surface area contributed by atoms with Crippen LogP contribution in [0.4, 0.5) is 0 Å². The summed E-state index contributed by atoms with van der Waals surface area (Å²) in [5.74, 6) is -2.78. The molecule has 1 aliphatic heterocycles. The smallest absolute Gasteiger partial charge is 0.327 e. The van der Waals surface area contributed by atoms with E-state index in [1.165, 1.54) is 0 Å². The molecule has 0 aliphatic carbocycles. The van der Waals surface area contributed by atoms with Crippen LogP contribution in [0.5, 0.6) is 5.75 Å². The molecule has 2 aromatic rings. The van der Waals surface area contributed by atoms with Crippen molar-refractivity contribution >= 4 is 52.2 Å². The maximum atomic E-state index is 12.7. The lowest BCUT2D eigenvalue weighted by Crippen LogP contribution is -2.45. The number of amides is 1. The molecule has 1 saturated heterocycles. The zero-order chi connectivity index (χ0) is 21.7. The van der Waals surface area contributed by atoms with E-state index in [9.17, 15) is 19.5 Å². The highest BCUT2D eigenvalue weighted by molar-refractivity contribution is 8.26. The minimum absolute atomic E-state index is 0.0105. The number of hydrogen-bond acceptors (Lipinski definition) is 6. The predicted octanol–water partition coefficient (Wildman–Crippen LogP) is 3.39. The van der Waals surface area contributed by atoms with E-state index >= 15 is 0 Å². The zero-order valence-corrected chi connectivity index (χ0v) is 17.2. The Bertz CT molecular complexity index is 1020. The first-order chi connectivity index (χ1) is 14.3. The summed E-state index contributed by atoms with van der Waals surface area (Å²) >= 11 is 6.06. The number of benzene rings is 2. The predicted molar refractivity (Wildman–Crippen MR) is 116 cm³/mol. The van der Waals surface area contributed by atoms with Crippen LogP contribution < -0.4 is 4.74 Å². The van der Waals surface area contributed by atoms with Gasteiger partial charge in [-0.25, -0.2) is 4.79 Å². The monoisotopic (exact) mass is 443 g/mol. The van der Waals surface area contributed by atoms with Crippen molar-refractivity contribution in [1.82, 2.24) is 4.90 Å². The Balaban J connectivity index is 1.76. The Kier molecular flexibility index (Phi) is 6.86. The lowest BCUT2D eigenvalue weighted by Gasteiger charge is -2.21. The highest BCUT2D eigenvalue weighted by Gasteiger charge is 2.41. The largest absolute Gasteiger partial charge is 0.489 e. The molecular weight excluding hydrogens is 426 g/mol. The number of carboxylic acids is 2. The fraction of sp³-hybridized carbons (Fsp3) is 0.143. The molecule has 30 heavy (non-hydrogen) atoms. The molecule has 1 aliphatic rings. The first kappa shape index (κ1) is 21.5. The van der Waals surface area contributed by atoms with Crippen LogP contribution in [-0.2, 0) is 21.0 Å². The lowest BCUT2D eigenvalue weighted by molar-refractivity contribution is -0.150. The molecule has 0 bridgehead atoms. The Morgan fingerprint density at radius 1 is 1.13 bits per heavy atom. The normalized spacial score (nSPS) is 16.0. The molecule has 7 nitrogen and oxygen atoms in total. The van der Waals surface area contributed by atoms with Crippen LogP contribution in [0.15, 0.2) is 59.5 Å². The highest BCUT2D eigenvalue weighted by Crippen LogP contribution is 2.35. The van der Waals surface area contributed by atoms with E-state index < -0.39 is 30.3 Å². The van der Waals surface area contributed by atoms with E-state index in [0.717, 1.165) is 22.2 Å². The van der Waals surface area contributed by atoms with E-state index in [1.807, 2.05) is 30.3 Å². The van der Waals surface area contributed by atoms with Crippen molar-refractivity contribution in [3.05, 3.63) is 70.6 Å². The number of rotatable bonds is 8. The molecule has 0 aromatic heterocycles. The van der Waals surface area contributed by atoms with Crippen LogP contribution in [-0.4, -0.2) is 43.3 Å². The van der Waals surface area contributed by atoms with Gasteiger partial charge in [0.25, 0.3) is 5.91 Å². The quantitative estimate of drug-likeness (QED) is 0.473. The van der Waals surface area contributed by atoms with Gasteiger partial charge in [0.1, 0.15) is 22.7 Å². The average Bonchev–Trinajstić information content (AvgIpc) is 2.98. The molecule has 154 valence electrons. The van der Waals surface area contributed by atoms with Crippen molar-refractivity contribution < 1.29 is 29.3 Å². The summed E-state index contributed by atoms with van der Waals surface area (Å²) in [6.07, 6.45) is 0.840. The Morgan fingerprint density at radius 2 is 1.87 bits per heavy atom. The molecule has 9 heteroatoms. The van der Waals surface area contributed by atoms with E-state index in [0.29, 0.717) is 17.9 Å². The van der Waals surface area contributed by atoms with Crippen molar-refractivity contribution in [2.24, 2.45) is 0 Å². The first-order valence-electron chi connectivity index (χ1n) is 8.83. The van der Waals surface area contributed by atoms with Crippen LogP contribution >= 0.6 is 24.0 Å². The Labute approximate surface area is 182 Å². The van der Waals surface area contributed by atoms with E-state index in [2.05, 4.69) is 0 Å². The molecule has 2 aromatic carbocycles. The molecule has 0 spiro atoms. The topological polar surface area (TPSA) is 104 Å². The van der Waals surface area contributed by atoms with Gasteiger partial charge >= 0.3 is 11.9 Å². The Morgan fingerprint density at radius 3 is 2.53 bits per heavy atom. The second-order valence-corrected chi connectivity index (χ2v) is 8.03. The summed E-state index contributed by atoms with van der Waals surface area (Å²) in [6.45, 7) is 0.391. The maximum absolute atomic E-state index is 12.7. The molecule has 0 saturated carbocycles. The minimum Gasteiger partial charge on any atom is -0.489 e. The van der Waals surface area contributed by atoms with Crippen molar-refractivity contribution in [2.75, 3.05) is 0 Å². The number of carbonyl (C=O) groups excluding carboxylic acids is 1. The summed E-state index contributed by atoms with van der Waals surface area (Å²) in [7, 11) is 0. The van der Waals surface area contributed by atoms with E-state index in [4.69, 9.17) is 22.1 Å². The number of carbonyl (C=O) groups is 3. The number of ether oxygens (including phenoxy) is 1. The molecular formula is C21H17NO6S2. The van der Waals surface area contributed by atoms with Gasteiger partial charge in [0.05, 0.1) is 11.3 Å². The van der Waals surface area contributed by atoms with Crippen molar-refractivity contribution in [2.45, 2.75) is 19.1 Å². The van der Waals surface area contributed by atoms with Crippen molar-refractivity contribution in [3.63, 3.8) is 0 Å². The molecule has 3 rings (SSSR count). The van der Waals surface area contributed by atoms with Crippen LogP contribution in [0.3, 0.4) is 0 Å². The standard InChI is InChI=1S/C21H17NO6S2/c23-18(24)11-16(20(26)27)22-19(25)17(30-21(22)29)10-14-7-4-8-15(9-14)28-12-13-5-2-1-3-6-13/h1-10,16H,11-12H2,(H,23,24)(H,26,27)/b17-10-. The molecule has 1 fully saturated rings. The zero-order valence-electron chi connectivity index (χ0n) is 15.6. The fourth-order valence-electron chi connectivity index (χ4n) is 2.79. The summed E-state index contributed by atoms with van der Waals surface area (Å²) in [5.41, 5.74) is 1.69. The molecule has 0 radical (unpaired) electrons. The Hall–Kier alpha value is -3.17. The third-order valence-corrected chi connectivity index (χ3v) is 5.52. The second kappa shape index (κ2) is 9.55. The summed E-state index contributed by atoms with van der Waals surface area (Å²) in [4.78, 5) is 36.2. The van der Waals surface area contributed by atoms with Gasteiger partial charge in [-0.15, -0.1) is 0 Å². The summed E-state index contributed by atoms with van der Waals surface area (Å²) < 4.78 is 5.79. The van der Waals surface area contributed by atoms with Crippen LogP contribution in [0.1, 0.15) is 17.5 Å². The van der Waals surface area contributed by atoms with Gasteiger partial charge in [-0.05, 0) is 29.3 Å². The van der Waals surface area contributed by atoms with Crippen LogP contribution in [0.25, 0.3) is 6.08 Å². The number of hydrogen-bond donors (Lipinski definition) is 2. The second-order valence-electron chi connectivity index (χ2n) is 6.35. The average molecular weight is 444 g/mol. The van der Waals surface area contributed by atoms with Gasteiger partial charge in [-0.3, -0.25) is 14.5 Å². The van der Waals surface area contributed by atoms with Gasteiger partial charge in [0, 0.05) is 0 Å². The number of carboxylic acid groups (broad SMARTS) is 2. The molecule has 1 heterocycles. The summed E-state index contributed by atoms with van der Waals surface area (Å²) in [5, 5.41) is 18.3. The number of nitrogens with zero attached hydrogens (tertiary/aromatic N) is 1. The van der Waals surface area contributed by atoms with E-state index in [-0.39, 0.29) is 9.23 Å². The molecule has 1 atom stereocenters. The number of thiocarbonyl (C=S) groups is 1. The van der Waals surface area contributed by atoms with Gasteiger partial charge in [0.2, 0.25) is 0 Å². The van der Waals surface area contributed by atoms with E-state index in [1.54, 1.807) is 30.3 Å². The van der Waals surface area contributed by atoms with Crippen LogP contribution in [0, 0.1) is 0 Å². The highest BCUT2D eigenvalue weighted by atomic mass is 32.2. The molecule has 2 N–H and O–H groups in total. The summed E-state index contributed by atoms with van der Waals surface area (Å²) in [6, 6.07) is 15.2. The van der Waals surface area contributed by atoms with Gasteiger partial charge in [0.15, 0.2) is 0 Å². The SMILES string of the molecule is O=C(O)CC(C(=O)O)N1C(=O)/C(=C/c2cccc(OCc3ccccc3)c2)SC1=S. The van der Waals surface area contributed by atoms with Crippen molar-refractivity contribution in [1.29, 1.82) is 0 Å². The minimum atomic E-state index is -1.55. The fourth-order valence-corrected chi connectivity index (χ4v) is 4.15. The first-order valence-corrected chi connectivity index (χ1v) is 10.1. The lowest BCUT2D eigenvalue weighted by atomic mass is 10.1. The van der Waals surface area contributed by atoms with Gasteiger partial charge in [-0.1, -0.05) is 66.4 Å². The third-order valence-electron chi connectivity index (χ3n) is 4.19. The van der Waals surface area contributed by atoms with Crippen molar-refractivity contribution in [3.8, 4) is 5.75 Å². The molecule has 1 amide bonds. The number of thioether (sulfide) groups is 1. The van der Waals surface area contributed by atoms with Gasteiger partial charge < -0.3 is 14.9 Å². The maximum Gasteiger partial charge on any atom is 0.327 e. The van der Waals surface area contributed by atoms with Crippen LogP contribution in [0.2, 0.25) is 0 Å². The third kappa shape index (κ3) is 5.25.